The molecule has 1 heterocycles. The number of carbonyl (C=O) groups excluding carboxylic acids is 1. The number of benzene rings is 2. The highest BCUT2D eigenvalue weighted by Crippen LogP contribution is 2.32. The smallest absolute Gasteiger partial charge is 0.252 e. The molecule has 0 radical (unpaired) electrons. The van der Waals surface area contributed by atoms with E-state index in [1.165, 1.54) is 7.05 Å². The third-order valence-electron chi connectivity index (χ3n) is 3.78. The number of hydrogen-bond acceptors (Lipinski definition) is 4. The Labute approximate surface area is 150 Å². The van der Waals surface area contributed by atoms with Crippen LogP contribution in [-0.2, 0) is 10.0 Å². The maximum atomic E-state index is 12.7. The molecule has 0 aromatic heterocycles. The Bertz CT molecular complexity index is 927. The number of para-hydroxylation sites is 1. The van der Waals surface area contributed by atoms with Crippen molar-refractivity contribution in [1.29, 1.82) is 0 Å². The summed E-state index contributed by atoms with van der Waals surface area (Å²) >= 11 is 11.0. The molecule has 2 aromatic rings. The molecule has 1 unspecified atom stereocenters. The molecular formula is C16H13ClN2O3S2. The van der Waals surface area contributed by atoms with E-state index in [9.17, 15) is 13.2 Å². The zero-order chi connectivity index (χ0) is 17.5. The monoisotopic (exact) mass is 380 g/mol. The summed E-state index contributed by atoms with van der Waals surface area (Å²) in [5.74, 6) is -0.532. The van der Waals surface area contributed by atoms with Crippen LogP contribution in [0.2, 0.25) is 5.02 Å². The topological polar surface area (TPSA) is 66.5 Å². The third-order valence-corrected chi connectivity index (χ3v) is 6.52. The van der Waals surface area contributed by atoms with Crippen LogP contribution in [-0.4, -0.2) is 31.5 Å². The van der Waals surface area contributed by atoms with Gasteiger partial charge in [0.15, 0.2) is 11.0 Å². The van der Waals surface area contributed by atoms with Crippen LogP contribution in [0.3, 0.4) is 0 Å². The van der Waals surface area contributed by atoms with Crippen LogP contribution in [0.4, 0.5) is 11.4 Å². The summed E-state index contributed by atoms with van der Waals surface area (Å²) in [4.78, 5) is 12.6. The minimum Gasteiger partial charge on any atom is -0.348 e. The molecule has 0 saturated heterocycles. The number of nitrogens with one attached hydrogen (secondary N) is 1. The van der Waals surface area contributed by atoms with Gasteiger partial charge >= 0.3 is 0 Å². The van der Waals surface area contributed by atoms with Crippen LogP contribution < -0.4 is 9.62 Å². The third kappa shape index (κ3) is 2.79. The number of Topliss-reactive ketones (excluding diaryl/α,β-unsaturated/α-hetero) is 1. The summed E-state index contributed by atoms with van der Waals surface area (Å²) in [5, 5.41) is 1.91. The van der Waals surface area contributed by atoms with Gasteiger partial charge in [-0.3, -0.25) is 9.10 Å². The molecule has 0 bridgehead atoms. The zero-order valence-electron chi connectivity index (χ0n) is 12.6. The summed E-state index contributed by atoms with van der Waals surface area (Å²) in [6.45, 7) is 0. The average Bonchev–Trinajstić information content (AvgIpc) is 2.55. The lowest BCUT2D eigenvalue weighted by Gasteiger charge is -2.32. The predicted octanol–water partition coefficient (Wildman–Crippen LogP) is 3.11. The first-order chi connectivity index (χ1) is 11.3. The van der Waals surface area contributed by atoms with Crippen LogP contribution >= 0.6 is 23.8 Å². The lowest BCUT2D eigenvalue weighted by atomic mass is 10.1. The van der Waals surface area contributed by atoms with Crippen molar-refractivity contribution in [3.8, 4) is 0 Å². The summed E-state index contributed by atoms with van der Waals surface area (Å²) < 4.78 is 26.6. The van der Waals surface area contributed by atoms with Gasteiger partial charge in [-0.05, 0) is 36.4 Å². The van der Waals surface area contributed by atoms with Crippen molar-refractivity contribution in [2.45, 2.75) is 5.25 Å². The van der Waals surface area contributed by atoms with Crippen LogP contribution in [0.1, 0.15) is 10.4 Å². The van der Waals surface area contributed by atoms with E-state index in [0.717, 1.165) is 4.31 Å². The van der Waals surface area contributed by atoms with E-state index in [1.807, 2.05) is 0 Å². The van der Waals surface area contributed by atoms with Crippen molar-refractivity contribution < 1.29 is 13.2 Å². The van der Waals surface area contributed by atoms with Gasteiger partial charge in [-0.1, -0.05) is 36.0 Å². The second-order valence-electron chi connectivity index (χ2n) is 5.27. The lowest BCUT2D eigenvalue weighted by molar-refractivity contribution is 0.100. The number of rotatable bonds is 2. The van der Waals surface area contributed by atoms with E-state index in [1.54, 1.807) is 48.5 Å². The molecule has 0 aliphatic carbocycles. The van der Waals surface area contributed by atoms with Gasteiger partial charge in [-0.25, -0.2) is 8.42 Å². The number of halogens is 1. The minimum absolute atomic E-state index is 0.0660. The Morgan fingerprint density at radius 2 is 1.79 bits per heavy atom. The number of ketones is 1. The van der Waals surface area contributed by atoms with Gasteiger partial charge < -0.3 is 5.32 Å². The first kappa shape index (κ1) is 16.9. The molecule has 124 valence electrons. The number of carbonyl (C=O) groups is 1. The molecule has 0 fully saturated rings. The second-order valence-corrected chi connectivity index (χ2v) is 8.20. The maximum Gasteiger partial charge on any atom is 0.252 e. The molecular weight excluding hydrogens is 368 g/mol. The summed E-state index contributed by atoms with van der Waals surface area (Å²) in [5.41, 5.74) is 1.25. The van der Waals surface area contributed by atoms with E-state index >= 15 is 0 Å². The van der Waals surface area contributed by atoms with E-state index in [0.29, 0.717) is 22.0 Å². The van der Waals surface area contributed by atoms with Gasteiger partial charge in [-0.15, -0.1) is 0 Å². The molecule has 1 aliphatic rings. The fraction of sp³-hybridized carbons (Fsp3) is 0.125. The first-order valence-electron chi connectivity index (χ1n) is 7.00. The summed E-state index contributed by atoms with van der Waals surface area (Å²) in [6, 6.07) is 13.2. The van der Waals surface area contributed by atoms with Crippen LogP contribution in [0.25, 0.3) is 0 Å². The number of thiocarbonyl (C=S) groups is 1. The minimum atomic E-state index is -3.94. The molecule has 3 rings (SSSR count). The fourth-order valence-corrected chi connectivity index (χ4v) is 4.72. The SMILES string of the molecule is CN1c2ccccc2C(=O)C(C(=S)Nc2ccc(Cl)cc2)S1(=O)=O. The van der Waals surface area contributed by atoms with E-state index in [-0.39, 0.29) is 4.99 Å². The Morgan fingerprint density at radius 3 is 2.46 bits per heavy atom. The van der Waals surface area contributed by atoms with Crippen molar-refractivity contribution in [2.24, 2.45) is 0 Å². The quantitative estimate of drug-likeness (QED) is 0.811. The number of anilines is 2. The normalized spacial score (nSPS) is 18.8. The van der Waals surface area contributed by atoms with Gasteiger partial charge in [-0.2, -0.15) is 0 Å². The predicted molar refractivity (Wildman–Crippen MR) is 99.6 cm³/mol. The Morgan fingerprint density at radius 1 is 1.17 bits per heavy atom. The molecule has 1 aliphatic heterocycles. The Hall–Kier alpha value is -1.96. The molecule has 0 amide bonds. The molecule has 0 saturated carbocycles. The number of nitrogens with zero attached hydrogens (tertiary/aromatic N) is 1. The molecule has 0 spiro atoms. The molecule has 1 N–H and O–H groups in total. The van der Waals surface area contributed by atoms with Crippen LogP contribution in [0.15, 0.2) is 48.5 Å². The zero-order valence-corrected chi connectivity index (χ0v) is 15.0. The van der Waals surface area contributed by atoms with Crippen molar-refractivity contribution in [2.75, 3.05) is 16.7 Å². The lowest BCUT2D eigenvalue weighted by Crippen LogP contribution is -2.51. The fourth-order valence-electron chi connectivity index (χ4n) is 2.52. The Kier molecular flexibility index (Phi) is 4.33. The van der Waals surface area contributed by atoms with E-state index in [4.69, 9.17) is 23.8 Å². The van der Waals surface area contributed by atoms with Crippen molar-refractivity contribution in [3.05, 3.63) is 59.1 Å². The number of fused-ring (bicyclic) bond motifs is 1. The Balaban J connectivity index is 1.99. The van der Waals surface area contributed by atoms with Gasteiger partial charge in [0.1, 0.15) is 4.99 Å². The van der Waals surface area contributed by atoms with E-state index in [2.05, 4.69) is 5.32 Å². The van der Waals surface area contributed by atoms with Crippen molar-refractivity contribution in [1.82, 2.24) is 0 Å². The standard InChI is InChI=1S/C16H13ClN2O3S2/c1-19-13-5-3-2-4-12(13)14(20)15(24(19,21)22)16(23)18-11-8-6-10(17)7-9-11/h2-9,15H,1H3,(H,18,23). The second kappa shape index (κ2) is 6.16. The highest BCUT2D eigenvalue weighted by atomic mass is 35.5. The maximum absolute atomic E-state index is 12.7. The largest absolute Gasteiger partial charge is 0.348 e. The molecule has 1 atom stereocenters. The van der Waals surface area contributed by atoms with E-state index < -0.39 is 21.1 Å². The van der Waals surface area contributed by atoms with Gasteiger partial charge in [0.25, 0.3) is 10.0 Å². The highest BCUT2D eigenvalue weighted by molar-refractivity contribution is 7.96. The molecule has 5 nitrogen and oxygen atoms in total. The number of hydrogen-bond donors (Lipinski definition) is 1. The van der Waals surface area contributed by atoms with Crippen molar-refractivity contribution >= 4 is 56.0 Å². The van der Waals surface area contributed by atoms with Gasteiger partial charge in [0.05, 0.1) is 5.69 Å². The van der Waals surface area contributed by atoms with Crippen molar-refractivity contribution in [3.63, 3.8) is 0 Å². The number of sulfonamides is 1. The summed E-state index contributed by atoms with van der Waals surface area (Å²) in [7, 11) is -2.52. The van der Waals surface area contributed by atoms with Crippen LogP contribution in [0, 0.1) is 0 Å². The molecule has 24 heavy (non-hydrogen) atoms. The first-order valence-corrected chi connectivity index (χ1v) is 9.29. The summed E-state index contributed by atoms with van der Waals surface area (Å²) in [6.07, 6.45) is 0. The van der Waals surface area contributed by atoms with Gasteiger partial charge in [0.2, 0.25) is 0 Å². The molecule has 8 heteroatoms. The van der Waals surface area contributed by atoms with Crippen LogP contribution in [0.5, 0.6) is 0 Å². The molecule has 2 aromatic carbocycles. The van der Waals surface area contributed by atoms with Gasteiger partial charge in [0, 0.05) is 23.3 Å². The highest BCUT2D eigenvalue weighted by Gasteiger charge is 2.45. The average molecular weight is 381 g/mol.